The van der Waals surface area contributed by atoms with Gasteiger partial charge in [0, 0.05) is 16.7 Å². The second-order valence-electron chi connectivity index (χ2n) is 4.13. The second kappa shape index (κ2) is 6.86. The normalized spacial score (nSPS) is 9.85. The fraction of sp³-hybridized carbons (Fsp3) is 0.0667. The zero-order chi connectivity index (χ0) is 14.4. The van der Waals surface area contributed by atoms with Crippen molar-refractivity contribution in [2.24, 2.45) is 0 Å². The number of halogens is 1. The molecule has 2 aromatic carbocycles. The number of hydrogen-bond donors (Lipinski definition) is 2. The summed E-state index contributed by atoms with van der Waals surface area (Å²) in [6.07, 6.45) is 0. The maximum absolute atomic E-state index is 11.7. The number of anilines is 1. The topological polar surface area (TPSA) is 58.2 Å². The molecule has 2 N–H and O–H groups in total. The Balaban J connectivity index is 1.86. The molecule has 0 aromatic heterocycles. The van der Waals surface area contributed by atoms with Crippen LogP contribution in [0.4, 0.5) is 5.69 Å². The zero-order valence-electron chi connectivity index (χ0n) is 10.6. The van der Waals surface area contributed by atoms with Gasteiger partial charge in [-0.05, 0) is 29.8 Å². The van der Waals surface area contributed by atoms with E-state index in [0.29, 0.717) is 12.2 Å². The van der Waals surface area contributed by atoms with Crippen LogP contribution in [0, 0.1) is 0 Å². The van der Waals surface area contributed by atoms with Crippen LogP contribution in [0.25, 0.3) is 0 Å². The van der Waals surface area contributed by atoms with E-state index in [1.165, 1.54) is 0 Å². The summed E-state index contributed by atoms with van der Waals surface area (Å²) in [4.78, 5) is 23.3. The Kier molecular flexibility index (Phi) is 4.90. The number of amides is 2. The first-order chi connectivity index (χ1) is 9.65. The highest BCUT2D eigenvalue weighted by Gasteiger charge is 2.12. The molecule has 0 unspecified atom stereocenters. The molecule has 0 bridgehead atoms. The summed E-state index contributed by atoms with van der Waals surface area (Å²) in [7, 11) is 0. The van der Waals surface area contributed by atoms with Gasteiger partial charge in [-0.2, -0.15) is 0 Å². The van der Waals surface area contributed by atoms with Crippen molar-refractivity contribution >= 4 is 33.4 Å². The lowest BCUT2D eigenvalue weighted by atomic mass is 10.2. The molecule has 0 radical (unpaired) electrons. The molecule has 20 heavy (non-hydrogen) atoms. The number of benzene rings is 2. The van der Waals surface area contributed by atoms with Crippen LogP contribution in [-0.2, 0) is 16.1 Å². The highest BCUT2D eigenvalue weighted by molar-refractivity contribution is 9.10. The summed E-state index contributed by atoms with van der Waals surface area (Å²) in [6, 6.07) is 16.4. The Morgan fingerprint density at radius 1 is 0.900 bits per heavy atom. The standard InChI is InChI=1S/C15H13BrN2O2/c16-12-6-8-13(9-7-12)18-15(20)14(19)17-10-11-4-2-1-3-5-11/h1-9H,10H2,(H,17,19)(H,18,20). The average Bonchev–Trinajstić information content (AvgIpc) is 2.48. The number of hydrogen-bond acceptors (Lipinski definition) is 2. The van der Waals surface area contributed by atoms with Gasteiger partial charge < -0.3 is 10.6 Å². The van der Waals surface area contributed by atoms with E-state index in [1.54, 1.807) is 24.3 Å². The van der Waals surface area contributed by atoms with E-state index in [2.05, 4.69) is 26.6 Å². The minimum atomic E-state index is -0.678. The van der Waals surface area contributed by atoms with Crippen molar-refractivity contribution < 1.29 is 9.59 Å². The molecule has 102 valence electrons. The number of rotatable bonds is 3. The first-order valence-corrected chi connectivity index (χ1v) is 6.83. The van der Waals surface area contributed by atoms with Crippen molar-refractivity contribution in [1.29, 1.82) is 0 Å². The van der Waals surface area contributed by atoms with E-state index in [1.807, 2.05) is 30.3 Å². The van der Waals surface area contributed by atoms with Gasteiger partial charge >= 0.3 is 11.8 Å². The van der Waals surface area contributed by atoms with Gasteiger partial charge in [-0.15, -0.1) is 0 Å². The van der Waals surface area contributed by atoms with Gasteiger partial charge in [0.25, 0.3) is 0 Å². The van der Waals surface area contributed by atoms with Crippen LogP contribution in [0.15, 0.2) is 59.1 Å². The van der Waals surface area contributed by atoms with Crippen LogP contribution in [0.1, 0.15) is 5.56 Å². The fourth-order valence-electron chi connectivity index (χ4n) is 1.58. The molecule has 0 aliphatic carbocycles. The Labute approximate surface area is 125 Å². The molecule has 2 rings (SSSR count). The smallest absolute Gasteiger partial charge is 0.313 e. The summed E-state index contributed by atoms with van der Waals surface area (Å²) in [5.74, 6) is -1.33. The minimum Gasteiger partial charge on any atom is -0.344 e. The van der Waals surface area contributed by atoms with Crippen molar-refractivity contribution in [3.8, 4) is 0 Å². The predicted molar refractivity (Wildman–Crippen MR) is 81.1 cm³/mol. The molecule has 0 aliphatic heterocycles. The van der Waals surface area contributed by atoms with Gasteiger partial charge in [0.05, 0.1) is 0 Å². The van der Waals surface area contributed by atoms with Crippen molar-refractivity contribution in [3.63, 3.8) is 0 Å². The quantitative estimate of drug-likeness (QED) is 0.849. The van der Waals surface area contributed by atoms with Crippen LogP contribution >= 0.6 is 15.9 Å². The van der Waals surface area contributed by atoms with Crippen molar-refractivity contribution in [2.45, 2.75) is 6.54 Å². The van der Waals surface area contributed by atoms with Crippen LogP contribution in [0.3, 0.4) is 0 Å². The Morgan fingerprint density at radius 3 is 2.20 bits per heavy atom. The Morgan fingerprint density at radius 2 is 1.55 bits per heavy atom. The van der Waals surface area contributed by atoms with Crippen molar-refractivity contribution in [3.05, 3.63) is 64.6 Å². The lowest BCUT2D eigenvalue weighted by Gasteiger charge is -2.06. The van der Waals surface area contributed by atoms with Gasteiger partial charge in [-0.3, -0.25) is 9.59 Å². The van der Waals surface area contributed by atoms with Crippen molar-refractivity contribution in [2.75, 3.05) is 5.32 Å². The predicted octanol–water partition coefficient (Wildman–Crippen LogP) is 2.70. The first kappa shape index (κ1) is 14.3. The average molecular weight is 333 g/mol. The van der Waals surface area contributed by atoms with Gasteiger partial charge in [0.15, 0.2) is 0 Å². The SMILES string of the molecule is O=C(NCc1ccccc1)C(=O)Nc1ccc(Br)cc1. The third-order valence-corrected chi connectivity index (χ3v) is 3.13. The molecular formula is C15H13BrN2O2. The molecule has 5 heteroatoms. The Hall–Kier alpha value is -2.14. The van der Waals surface area contributed by atoms with Crippen LogP contribution < -0.4 is 10.6 Å². The molecular weight excluding hydrogens is 320 g/mol. The maximum atomic E-state index is 11.7. The van der Waals surface area contributed by atoms with Gasteiger partial charge in [-0.25, -0.2) is 0 Å². The van der Waals surface area contributed by atoms with E-state index >= 15 is 0 Å². The van der Waals surface area contributed by atoms with E-state index in [0.717, 1.165) is 10.0 Å². The van der Waals surface area contributed by atoms with Gasteiger partial charge in [0.1, 0.15) is 0 Å². The molecule has 0 fully saturated rings. The molecule has 0 atom stereocenters. The van der Waals surface area contributed by atoms with E-state index in [-0.39, 0.29) is 0 Å². The third kappa shape index (κ3) is 4.20. The fourth-order valence-corrected chi connectivity index (χ4v) is 1.84. The molecule has 2 aromatic rings. The van der Waals surface area contributed by atoms with E-state index in [9.17, 15) is 9.59 Å². The monoisotopic (exact) mass is 332 g/mol. The highest BCUT2D eigenvalue weighted by Crippen LogP contribution is 2.13. The molecule has 0 saturated heterocycles. The van der Waals surface area contributed by atoms with Crippen LogP contribution in [0.5, 0.6) is 0 Å². The van der Waals surface area contributed by atoms with Crippen LogP contribution in [-0.4, -0.2) is 11.8 Å². The van der Waals surface area contributed by atoms with E-state index in [4.69, 9.17) is 0 Å². The van der Waals surface area contributed by atoms with Gasteiger partial charge in [0.2, 0.25) is 0 Å². The summed E-state index contributed by atoms with van der Waals surface area (Å²) < 4.78 is 0.907. The summed E-state index contributed by atoms with van der Waals surface area (Å²) in [5.41, 5.74) is 1.52. The summed E-state index contributed by atoms with van der Waals surface area (Å²) in [6.45, 7) is 0.327. The van der Waals surface area contributed by atoms with Crippen molar-refractivity contribution in [1.82, 2.24) is 5.32 Å². The summed E-state index contributed by atoms with van der Waals surface area (Å²) >= 11 is 3.30. The highest BCUT2D eigenvalue weighted by atomic mass is 79.9. The van der Waals surface area contributed by atoms with Crippen LogP contribution in [0.2, 0.25) is 0 Å². The molecule has 0 saturated carbocycles. The molecule has 0 aliphatic rings. The lowest BCUT2D eigenvalue weighted by molar-refractivity contribution is -0.136. The number of carbonyl (C=O) groups is 2. The van der Waals surface area contributed by atoms with Gasteiger partial charge in [-0.1, -0.05) is 46.3 Å². The molecule has 4 nitrogen and oxygen atoms in total. The first-order valence-electron chi connectivity index (χ1n) is 6.04. The minimum absolute atomic E-state index is 0.327. The second-order valence-corrected chi connectivity index (χ2v) is 5.04. The molecule has 2 amide bonds. The number of carbonyl (C=O) groups excluding carboxylic acids is 2. The number of nitrogens with one attached hydrogen (secondary N) is 2. The lowest BCUT2D eigenvalue weighted by Crippen LogP contribution is -2.34. The van der Waals surface area contributed by atoms with E-state index < -0.39 is 11.8 Å². The molecule has 0 spiro atoms. The molecule has 0 heterocycles. The Bertz CT molecular complexity index is 597. The maximum Gasteiger partial charge on any atom is 0.313 e. The third-order valence-electron chi connectivity index (χ3n) is 2.60. The zero-order valence-corrected chi connectivity index (χ0v) is 12.2. The largest absolute Gasteiger partial charge is 0.344 e. The summed E-state index contributed by atoms with van der Waals surface area (Å²) in [5, 5.41) is 5.10.